The Bertz CT molecular complexity index is 868. The first-order chi connectivity index (χ1) is 14.6. The van der Waals surface area contributed by atoms with Gasteiger partial charge in [0.25, 0.3) is 0 Å². The summed E-state index contributed by atoms with van der Waals surface area (Å²) in [5, 5.41) is 10.1. The molecular weight excluding hydrogens is 437 g/mol. The molecule has 8 nitrogen and oxygen atoms in total. The van der Waals surface area contributed by atoms with Crippen molar-refractivity contribution in [2.75, 3.05) is 26.8 Å². The summed E-state index contributed by atoms with van der Waals surface area (Å²) in [5.41, 5.74) is 4.23. The Morgan fingerprint density at radius 1 is 1.39 bits per heavy atom. The van der Waals surface area contributed by atoms with Crippen molar-refractivity contribution in [1.82, 2.24) is 19.8 Å². The Balaban J connectivity index is 0.000000423. The van der Waals surface area contributed by atoms with Gasteiger partial charge in [0.05, 0.1) is 23.7 Å². The topological polar surface area (TPSA) is 96.7 Å². The molecule has 1 atom stereocenters. The first-order valence-corrected chi connectivity index (χ1v) is 10.3. The number of ether oxygens (including phenoxy) is 1. The number of hydrogen-bond donors (Lipinski definition) is 2. The number of carbonyl (C=O) groups excluding carboxylic acids is 1. The zero-order chi connectivity index (χ0) is 23.0. The van der Waals surface area contributed by atoms with Crippen molar-refractivity contribution in [1.29, 1.82) is 0 Å². The normalized spacial score (nSPS) is 16.6. The van der Waals surface area contributed by atoms with Gasteiger partial charge in [-0.25, -0.2) is 9.78 Å². The second-order valence-electron chi connectivity index (χ2n) is 6.97. The molecule has 3 heterocycles. The SMILES string of the molecule is COCCNC(=O)C1CN(Cc2scnc2C)Cc2cccn2C1.O=C(O)C(F)(F)F. The van der Waals surface area contributed by atoms with Crippen LogP contribution in [0.25, 0.3) is 0 Å². The van der Waals surface area contributed by atoms with Crippen LogP contribution in [0.5, 0.6) is 0 Å². The van der Waals surface area contributed by atoms with E-state index in [4.69, 9.17) is 14.6 Å². The molecule has 0 saturated heterocycles. The summed E-state index contributed by atoms with van der Waals surface area (Å²) < 4.78 is 38.9. The lowest BCUT2D eigenvalue weighted by molar-refractivity contribution is -0.192. The molecule has 1 unspecified atom stereocenters. The minimum absolute atomic E-state index is 0.0660. The third-order valence-electron chi connectivity index (χ3n) is 4.64. The number of thiazole rings is 1. The molecule has 1 aliphatic rings. The van der Waals surface area contributed by atoms with E-state index in [2.05, 4.69) is 38.1 Å². The molecule has 2 N–H and O–H groups in total. The lowest BCUT2D eigenvalue weighted by Crippen LogP contribution is -2.39. The Hall–Kier alpha value is -2.44. The average Bonchev–Trinajstić information content (AvgIpc) is 3.25. The summed E-state index contributed by atoms with van der Waals surface area (Å²) in [6, 6.07) is 4.19. The molecule has 0 radical (unpaired) electrons. The van der Waals surface area contributed by atoms with Gasteiger partial charge >= 0.3 is 12.1 Å². The van der Waals surface area contributed by atoms with E-state index in [0.29, 0.717) is 13.2 Å². The summed E-state index contributed by atoms with van der Waals surface area (Å²) in [7, 11) is 1.64. The number of rotatable bonds is 6. The van der Waals surface area contributed by atoms with Crippen LogP contribution in [-0.2, 0) is 34.0 Å². The predicted octanol–water partition coefficient (Wildman–Crippen LogP) is 2.28. The first kappa shape index (κ1) is 24.8. The first-order valence-electron chi connectivity index (χ1n) is 9.44. The maximum atomic E-state index is 12.6. The van der Waals surface area contributed by atoms with Crippen LogP contribution in [0.2, 0.25) is 0 Å². The number of carboxylic acid groups (broad SMARTS) is 1. The van der Waals surface area contributed by atoms with Crippen molar-refractivity contribution in [2.24, 2.45) is 5.92 Å². The molecule has 31 heavy (non-hydrogen) atoms. The van der Waals surface area contributed by atoms with Gasteiger partial charge < -0.3 is 19.7 Å². The number of carboxylic acids is 1. The summed E-state index contributed by atoms with van der Waals surface area (Å²) in [6.07, 6.45) is -3.02. The van der Waals surface area contributed by atoms with Crippen LogP contribution in [0.1, 0.15) is 16.3 Å². The van der Waals surface area contributed by atoms with Gasteiger partial charge in [-0.3, -0.25) is 9.69 Å². The number of methoxy groups -OCH3 is 1. The molecule has 0 aromatic carbocycles. The highest BCUT2D eigenvalue weighted by molar-refractivity contribution is 7.09. The number of aryl methyl sites for hydroxylation is 1. The van der Waals surface area contributed by atoms with E-state index >= 15 is 0 Å². The van der Waals surface area contributed by atoms with Gasteiger partial charge in [-0.1, -0.05) is 0 Å². The van der Waals surface area contributed by atoms with Gasteiger partial charge in [0.2, 0.25) is 5.91 Å². The van der Waals surface area contributed by atoms with Crippen molar-refractivity contribution in [3.63, 3.8) is 0 Å². The smallest absolute Gasteiger partial charge is 0.475 e. The predicted molar refractivity (Wildman–Crippen MR) is 107 cm³/mol. The molecule has 1 aliphatic heterocycles. The molecule has 12 heteroatoms. The van der Waals surface area contributed by atoms with Crippen molar-refractivity contribution in [3.8, 4) is 0 Å². The van der Waals surface area contributed by atoms with Crippen LogP contribution in [0, 0.1) is 12.8 Å². The van der Waals surface area contributed by atoms with Crippen LogP contribution >= 0.6 is 11.3 Å². The number of halogens is 3. The Morgan fingerprint density at radius 3 is 2.68 bits per heavy atom. The molecule has 2 aromatic rings. The van der Waals surface area contributed by atoms with Gasteiger partial charge in [0.1, 0.15) is 0 Å². The minimum Gasteiger partial charge on any atom is -0.475 e. The van der Waals surface area contributed by atoms with Gasteiger partial charge in [0.15, 0.2) is 0 Å². The highest BCUT2D eigenvalue weighted by atomic mass is 32.1. The van der Waals surface area contributed by atoms with Gasteiger partial charge in [-0.15, -0.1) is 11.3 Å². The number of aromatic nitrogens is 2. The molecule has 1 amide bonds. The van der Waals surface area contributed by atoms with Crippen molar-refractivity contribution < 1.29 is 32.6 Å². The minimum atomic E-state index is -5.08. The average molecular weight is 462 g/mol. The molecule has 172 valence electrons. The van der Waals surface area contributed by atoms with Gasteiger partial charge in [-0.2, -0.15) is 13.2 Å². The summed E-state index contributed by atoms with van der Waals surface area (Å²) in [4.78, 5) is 29.4. The quantitative estimate of drug-likeness (QED) is 0.640. The third kappa shape index (κ3) is 7.64. The second kappa shape index (κ2) is 11.3. The summed E-state index contributed by atoms with van der Waals surface area (Å²) >= 11 is 1.68. The van der Waals surface area contributed by atoms with E-state index in [1.807, 2.05) is 12.4 Å². The lowest BCUT2D eigenvalue weighted by atomic mass is 10.1. The van der Waals surface area contributed by atoms with Gasteiger partial charge in [0, 0.05) is 56.6 Å². The van der Waals surface area contributed by atoms with Crippen LogP contribution in [0.4, 0.5) is 13.2 Å². The fourth-order valence-corrected chi connectivity index (χ4v) is 3.88. The summed E-state index contributed by atoms with van der Waals surface area (Å²) in [6.45, 7) is 6.30. The number of aliphatic carboxylic acids is 1. The van der Waals surface area contributed by atoms with Gasteiger partial charge in [-0.05, 0) is 19.1 Å². The summed E-state index contributed by atoms with van der Waals surface area (Å²) in [5.74, 6) is -2.73. The molecular formula is C19H25F3N4O4S. The van der Waals surface area contributed by atoms with E-state index in [-0.39, 0.29) is 11.8 Å². The number of alkyl halides is 3. The molecule has 0 spiro atoms. The number of amides is 1. The van der Waals surface area contributed by atoms with E-state index in [1.54, 1.807) is 18.4 Å². The van der Waals surface area contributed by atoms with Crippen molar-refractivity contribution in [2.45, 2.75) is 32.7 Å². The number of nitrogens with zero attached hydrogens (tertiary/aromatic N) is 3. The zero-order valence-corrected chi connectivity index (χ0v) is 18.0. The standard InChI is InChI=1S/C17H24N4O2S.C2HF3O2/c1-13-16(24-12-19-13)11-20-8-14(17(22)18-5-7-23-2)9-21-6-3-4-15(21)10-20;3-2(4,5)1(6)7/h3-4,6,12,14H,5,7-11H2,1-2H3,(H,18,22);(H,6,7). The Labute approximate surface area is 181 Å². The highest BCUT2D eigenvalue weighted by Crippen LogP contribution is 2.22. The molecule has 3 rings (SSSR count). The zero-order valence-electron chi connectivity index (χ0n) is 17.2. The number of fused-ring (bicyclic) bond motifs is 1. The number of carbonyl (C=O) groups is 2. The maximum Gasteiger partial charge on any atom is 0.490 e. The molecule has 0 saturated carbocycles. The second-order valence-corrected chi connectivity index (χ2v) is 7.91. The molecule has 0 bridgehead atoms. The van der Waals surface area contributed by atoms with Crippen LogP contribution in [-0.4, -0.2) is 64.4 Å². The Morgan fingerprint density at radius 2 is 2.10 bits per heavy atom. The number of nitrogens with one attached hydrogen (secondary N) is 1. The Kier molecular flexibility index (Phi) is 9.01. The number of hydrogen-bond acceptors (Lipinski definition) is 6. The fraction of sp³-hybridized carbons (Fsp3) is 0.526. The molecule has 2 aromatic heterocycles. The van der Waals surface area contributed by atoms with E-state index in [9.17, 15) is 18.0 Å². The molecule has 0 aliphatic carbocycles. The largest absolute Gasteiger partial charge is 0.490 e. The van der Waals surface area contributed by atoms with E-state index in [0.717, 1.165) is 31.9 Å². The van der Waals surface area contributed by atoms with Crippen molar-refractivity contribution >= 4 is 23.2 Å². The fourth-order valence-electron chi connectivity index (χ4n) is 3.06. The van der Waals surface area contributed by atoms with Crippen LogP contribution < -0.4 is 5.32 Å². The van der Waals surface area contributed by atoms with Crippen molar-refractivity contribution in [3.05, 3.63) is 40.1 Å². The van der Waals surface area contributed by atoms with Crippen LogP contribution in [0.3, 0.4) is 0 Å². The van der Waals surface area contributed by atoms with E-state index < -0.39 is 12.1 Å². The maximum absolute atomic E-state index is 12.6. The third-order valence-corrected chi connectivity index (χ3v) is 5.56. The highest BCUT2D eigenvalue weighted by Gasteiger charge is 2.38. The monoisotopic (exact) mass is 462 g/mol. The lowest BCUT2D eigenvalue weighted by Gasteiger charge is -2.23. The van der Waals surface area contributed by atoms with E-state index in [1.165, 1.54) is 10.6 Å². The van der Waals surface area contributed by atoms with Crippen LogP contribution in [0.15, 0.2) is 23.8 Å². The molecule has 0 fully saturated rings.